The van der Waals surface area contributed by atoms with Crippen LogP contribution in [0.25, 0.3) is 0 Å². The summed E-state index contributed by atoms with van der Waals surface area (Å²) in [4.78, 5) is 0. The summed E-state index contributed by atoms with van der Waals surface area (Å²) in [7, 11) is 1.59. The minimum atomic E-state index is -0.482. The molecule has 110 valence electrons. The Balaban J connectivity index is 3.05. The normalized spacial score (nSPS) is 13.4. The van der Waals surface area contributed by atoms with E-state index in [1.165, 1.54) is 0 Å². The second-order valence-corrected chi connectivity index (χ2v) is 5.48. The van der Waals surface area contributed by atoms with E-state index in [-0.39, 0.29) is 6.04 Å². The lowest BCUT2D eigenvalue weighted by Crippen LogP contribution is -2.21. The average molecular weight is 341 g/mol. The Bertz CT molecular complexity index is 485. The molecule has 1 aromatic carbocycles. The van der Waals surface area contributed by atoms with Crippen molar-refractivity contribution < 1.29 is 9.47 Å². The second-order valence-electron chi connectivity index (χ2n) is 4.63. The maximum absolute atomic E-state index is 9.00. The van der Waals surface area contributed by atoms with Gasteiger partial charge in [0.25, 0.3) is 0 Å². The maximum Gasteiger partial charge on any atom is 0.184 e. The van der Waals surface area contributed by atoms with Gasteiger partial charge in [0.1, 0.15) is 6.07 Å². The number of methoxy groups -OCH3 is 1. The van der Waals surface area contributed by atoms with E-state index >= 15 is 0 Å². The molecule has 5 heteroatoms. The highest BCUT2D eigenvalue weighted by Gasteiger charge is 2.16. The molecule has 0 spiro atoms. The number of nitriles is 1. The monoisotopic (exact) mass is 340 g/mol. The predicted octanol–water partition coefficient (Wildman–Crippen LogP) is 3.42. The number of hydrogen-bond donors (Lipinski definition) is 1. The fourth-order valence-corrected chi connectivity index (χ4v) is 2.38. The van der Waals surface area contributed by atoms with Gasteiger partial charge in [-0.1, -0.05) is 13.8 Å². The summed E-state index contributed by atoms with van der Waals surface area (Å²) in [6.07, 6.45) is 1.84. The van der Waals surface area contributed by atoms with E-state index in [1.807, 2.05) is 19.1 Å². The van der Waals surface area contributed by atoms with Gasteiger partial charge >= 0.3 is 0 Å². The van der Waals surface area contributed by atoms with Gasteiger partial charge in [-0.15, -0.1) is 0 Å². The topological polar surface area (TPSA) is 68.3 Å². The average Bonchev–Trinajstić information content (AvgIpc) is 2.45. The van der Waals surface area contributed by atoms with Crippen molar-refractivity contribution in [2.75, 3.05) is 7.11 Å². The lowest BCUT2D eigenvalue weighted by molar-refractivity contribution is 0.237. The van der Waals surface area contributed by atoms with Gasteiger partial charge in [0.15, 0.2) is 17.6 Å². The highest BCUT2D eigenvalue weighted by Crippen LogP contribution is 2.37. The minimum Gasteiger partial charge on any atom is -0.493 e. The number of hydrogen-bond acceptors (Lipinski definition) is 4. The van der Waals surface area contributed by atoms with Crippen molar-refractivity contribution in [1.29, 1.82) is 5.26 Å². The molecule has 2 N–H and O–H groups in total. The van der Waals surface area contributed by atoms with Crippen LogP contribution in [0.2, 0.25) is 0 Å². The number of rotatable bonds is 7. The van der Waals surface area contributed by atoms with Gasteiger partial charge < -0.3 is 15.2 Å². The van der Waals surface area contributed by atoms with E-state index in [0.29, 0.717) is 17.9 Å². The van der Waals surface area contributed by atoms with Crippen molar-refractivity contribution in [3.05, 3.63) is 22.2 Å². The van der Waals surface area contributed by atoms with Crippen molar-refractivity contribution >= 4 is 15.9 Å². The third-order valence-electron chi connectivity index (χ3n) is 3.09. The molecule has 2 unspecified atom stereocenters. The van der Waals surface area contributed by atoms with Gasteiger partial charge in [-0.3, -0.25) is 0 Å². The van der Waals surface area contributed by atoms with Crippen LogP contribution < -0.4 is 15.2 Å². The molecule has 4 nitrogen and oxygen atoms in total. The first-order valence-electron chi connectivity index (χ1n) is 6.73. The van der Waals surface area contributed by atoms with Gasteiger partial charge in [-0.2, -0.15) is 5.26 Å². The second kappa shape index (κ2) is 8.13. The lowest BCUT2D eigenvalue weighted by atomic mass is 10.0. The number of nitrogens with two attached hydrogens (primary N) is 1. The van der Waals surface area contributed by atoms with Gasteiger partial charge in [0.2, 0.25) is 0 Å². The molecule has 0 saturated carbocycles. The molecular formula is C15H21BrN2O2. The summed E-state index contributed by atoms with van der Waals surface area (Å²) in [5.41, 5.74) is 7.06. The zero-order valence-corrected chi connectivity index (χ0v) is 13.7. The molecule has 0 fully saturated rings. The summed E-state index contributed by atoms with van der Waals surface area (Å²) in [6, 6.07) is 6.13. The standard InChI is InChI=1S/C15H21BrN2O2/c1-4-11(18)6-10-7-13(16)15(14(8-10)19-3)20-12(5-2)9-17/h7-8,11-12H,4-6,18H2,1-3H3. The first kappa shape index (κ1) is 16.8. The Morgan fingerprint density at radius 3 is 2.55 bits per heavy atom. The largest absolute Gasteiger partial charge is 0.493 e. The van der Waals surface area contributed by atoms with Crippen LogP contribution >= 0.6 is 15.9 Å². The van der Waals surface area contributed by atoms with E-state index < -0.39 is 6.10 Å². The molecule has 0 aromatic heterocycles. The van der Waals surface area contributed by atoms with Crippen LogP contribution in [0.15, 0.2) is 16.6 Å². The van der Waals surface area contributed by atoms with Crippen LogP contribution in [0, 0.1) is 11.3 Å². The van der Waals surface area contributed by atoms with Crippen LogP contribution in [0.5, 0.6) is 11.5 Å². The van der Waals surface area contributed by atoms with Crippen molar-refractivity contribution in [1.82, 2.24) is 0 Å². The molecule has 0 amide bonds. The van der Waals surface area contributed by atoms with Crippen molar-refractivity contribution in [3.8, 4) is 17.6 Å². The zero-order valence-electron chi connectivity index (χ0n) is 12.1. The van der Waals surface area contributed by atoms with Crippen LogP contribution in [-0.4, -0.2) is 19.3 Å². The minimum absolute atomic E-state index is 0.126. The molecule has 20 heavy (non-hydrogen) atoms. The SMILES string of the molecule is CCC(N)Cc1cc(Br)c(OC(C#N)CC)c(OC)c1. The highest BCUT2D eigenvalue weighted by atomic mass is 79.9. The van der Waals surface area contributed by atoms with Gasteiger partial charge in [0.05, 0.1) is 11.6 Å². The molecular weight excluding hydrogens is 320 g/mol. The molecule has 0 heterocycles. The lowest BCUT2D eigenvalue weighted by Gasteiger charge is -2.17. The molecule has 1 rings (SSSR count). The smallest absolute Gasteiger partial charge is 0.184 e. The quantitative estimate of drug-likeness (QED) is 0.825. The van der Waals surface area contributed by atoms with Crippen molar-refractivity contribution in [3.63, 3.8) is 0 Å². The number of benzene rings is 1. The zero-order chi connectivity index (χ0) is 15.1. The summed E-state index contributed by atoms with van der Waals surface area (Å²) < 4.78 is 11.8. The first-order chi connectivity index (χ1) is 9.55. The van der Waals surface area contributed by atoms with Crippen molar-refractivity contribution in [2.24, 2.45) is 5.73 Å². The van der Waals surface area contributed by atoms with Crippen molar-refractivity contribution in [2.45, 2.75) is 45.3 Å². The van der Waals surface area contributed by atoms with E-state index in [4.69, 9.17) is 20.5 Å². The Hall–Kier alpha value is -1.25. The number of ether oxygens (including phenoxy) is 2. The van der Waals surface area contributed by atoms with Crippen LogP contribution in [0.1, 0.15) is 32.3 Å². The third kappa shape index (κ3) is 4.39. The molecule has 0 aliphatic rings. The van der Waals surface area contributed by atoms with E-state index in [0.717, 1.165) is 22.9 Å². The Morgan fingerprint density at radius 2 is 2.05 bits per heavy atom. The summed E-state index contributed by atoms with van der Waals surface area (Å²) >= 11 is 3.48. The number of halogens is 1. The third-order valence-corrected chi connectivity index (χ3v) is 3.68. The first-order valence-corrected chi connectivity index (χ1v) is 7.53. The predicted molar refractivity (Wildman–Crippen MR) is 83.0 cm³/mol. The van der Waals surface area contributed by atoms with Gasteiger partial charge in [0, 0.05) is 6.04 Å². The summed E-state index contributed by atoms with van der Waals surface area (Å²) in [5, 5.41) is 9.00. The molecule has 0 bridgehead atoms. The Morgan fingerprint density at radius 1 is 1.35 bits per heavy atom. The van der Waals surface area contributed by atoms with Crippen LogP contribution in [0.3, 0.4) is 0 Å². The van der Waals surface area contributed by atoms with Gasteiger partial charge in [-0.25, -0.2) is 0 Å². The summed E-state index contributed by atoms with van der Waals surface area (Å²) in [6.45, 7) is 3.97. The fraction of sp³-hybridized carbons (Fsp3) is 0.533. The molecule has 1 aromatic rings. The Labute approximate surface area is 129 Å². The fourth-order valence-electron chi connectivity index (χ4n) is 1.80. The molecule has 2 atom stereocenters. The van der Waals surface area contributed by atoms with Crippen LogP contribution in [-0.2, 0) is 6.42 Å². The summed E-state index contributed by atoms with van der Waals surface area (Å²) in [5.74, 6) is 1.18. The van der Waals surface area contributed by atoms with Gasteiger partial charge in [-0.05, 0) is 52.9 Å². The Kier molecular flexibility index (Phi) is 6.83. The highest BCUT2D eigenvalue weighted by molar-refractivity contribution is 9.10. The van der Waals surface area contributed by atoms with E-state index in [1.54, 1.807) is 7.11 Å². The van der Waals surface area contributed by atoms with E-state index in [9.17, 15) is 0 Å². The van der Waals surface area contributed by atoms with Crippen LogP contribution in [0.4, 0.5) is 0 Å². The molecule has 0 aliphatic carbocycles. The molecule has 0 saturated heterocycles. The maximum atomic E-state index is 9.00. The molecule has 0 radical (unpaired) electrons. The number of nitrogens with zero attached hydrogens (tertiary/aromatic N) is 1. The molecule has 0 aliphatic heterocycles. The van der Waals surface area contributed by atoms with E-state index in [2.05, 4.69) is 28.9 Å².